The van der Waals surface area contributed by atoms with E-state index in [2.05, 4.69) is 31.2 Å². The maximum absolute atomic E-state index is 5.95. The van der Waals surface area contributed by atoms with Crippen molar-refractivity contribution in [3.8, 4) is 11.5 Å². The van der Waals surface area contributed by atoms with Crippen molar-refractivity contribution in [2.45, 2.75) is 20.0 Å². The first-order valence-electron chi connectivity index (χ1n) is 7.35. The molecule has 0 fully saturated rings. The topological polar surface area (TPSA) is 27.7 Å². The van der Waals surface area contributed by atoms with Crippen LogP contribution in [-0.2, 0) is 4.74 Å². The third-order valence-electron chi connectivity index (χ3n) is 3.58. The molecule has 3 nitrogen and oxygen atoms in total. The molecule has 0 aliphatic carbocycles. The zero-order valence-corrected chi connectivity index (χ0v) is 12.5. The fraction of sp³-hybridized carbons (Fsp3) is 0.333. The second-order valence-corrected chi connectivity index (χ2v) is 5.15. The Hall–Kier alpha value is -2.00. The van der Waals surface area contributed by atoms with Crippen LogP contribution in [0.4, 0.5) is 0 Å². The van der Waals surface area contributed by atoms with E-state index in [1.54, 1.807) is 0 Å². The molecule has 1 atom stereocenters. The Kier molecular flexibility index (Phi) is 4.11. The summed E-state index contributed by atoms with van der Waals surface area (Å²) < 4.78 is 17.2. The van der Waals surface area contributed by atoms with E-state index >= 15 is 0 Å². The predicted molar refractivity (Wildman–Crippen MR) is 82.1 cm³/mol. The Morgan fingerprint density at radius 2 is 1.62 bits per heavy atom. The van der Waals surface area contributed by atoms with Crippen molar-refractivity contribution in [1.82, 2.24) is 0 Å². The normalized spacial score (nSPS) is 14.8. The molecule has 0 aromatic heterocycles. The second-order valence-electron chi connectivity index (χ2n) is 5.15. The van der Waals surface area contributed by atoms with E-state index in [-0.39, 0.29) is 6.10 Å². The molecule has 3 rings (SSSR count). The lowest BCUT2D eigenvalue weighted by molar-refractivity contribution is 0.0906. The molecule has 0 amide bonds. The van der Waals surface area contributed by atoms with Crippen molar-refractivity contribution in [2.75, 3.05) is 19.8 Å². The molecule has 0 saturated carbocycles. The predicted octanol–water partition coefficient (Wildman–Crippen LogP) is 3.89. The first-order valence-corrected chi connectivity index (χ1v) is 7.35. The summed E-state index contributed by atoms with van der Waals surface area (Å²) >= 11 is 0. The zero-order chi connectivity index (χ0) is 14.7. The van der Waals surface area contributed by atoms with E-state index in [1.807, 2.05) is 25.1 Å². The summed E-state index contributed by atoms with van der Waals surface area (Å²) in [6.07, 6.45) is -0.0774. The minimum Gasteiger partial charge on any atom is -0.486 e. The van der Waals surface area contributed by atoms with Gasteiger partial charge in [-0.3, -0.25) is 0 Å². The van der Waals surface area contributed by atoms with Crippen molar-refractivity contribution in [1.29, 1.82) is 0 Å². The summed E-state index contributed by atoms with van der Waals surface area (Å²) in [5.74, 6) is 1.61. The van der Waals surface area contributed by atoms with Gasteiger partial charge in [0.15, 0.2) is 11.5 Å². The number of hydrogen-bond acceptors (Lipinski definition) is 3. The number of rotatable bonds is 4. The highest BCUT2D eigenvalue weighted by Crippen LogP contribution is 2.35. The minimum atomic E-state index is -0.0774. The van der Waals surface area contributed by atoms with E-state index in [1.165, 1.54) is 5.56 Å². The standard InChI is InChI=1S/C18H20O3/c1-3-19-18(14-6-4-13(2)5-7-14)15-8-9-16-17(12-15)21-11-10-20-16/h4-9,12,18H,3,10-11H2,1-2H3. The number of benzene rings is 2. The second kappa shape index (κ2) is 6.19. The van der Waals surface area contributed by atoms with E-state index < -0.39 is 0 Å². The Bertz CT molecular complexity index is 604. The molecule has 1 unspecified atom stereocenters. The molecule has 0 radical (unpaired) electrons. The molecule has 0 bridgehead atoms. The Morgan fingerprint density at radius 1 is 0.952 bits per heavy atom. The van der Waals surface area contributed by atoms with Crippen molar-refractivity contribution in [2.24, 2.45) is 0 Å². The minimum absolute atomic E-state index is 0.0774. The highest BCUT2D eigenvalue weighted by atomic mass is 16.6. The van der Waals surface area contributed by atoms with Crippen molar-refractivity contribution in [3.05, 3.63) is 59.2 Å². The summed E-state index contributed by atoms with van der Waals surface area (Å²) in [4.78, 5) is 0. The molecule has 0 spiro atoms. The third kappa shape index (κ3) is 3.03. The van der Waals surface area contributed by atoms with Crippen LogP contribution in [0.15, 0.2) is 42.5 Å². The van der Waals surface area contributed by atoms with E-state index in [0.29, 0.717) is 19.8 Å². The quantitative estimate of drug-likeness (QED) is 0.852. The average Bonchev–Trinajstić information content (AvgIpc) is 2.53. The maximum Gasteiger partial charge on any atom is 0.161 e. The lowest BCUT2D eigenvalue weighted by Gasteiger charge is -2.22. The van der Waals surface area contributed by atoms with Crippen molar-refractivity contribution in [3.63, 3.8) is 0 Å². The van der Waals surface area contributed by atoms with Gasteiger partial charge in [0.25, 0.3) is 0 Å². The van der Waals surface area contributed by atoms with Gasteiger partial charge in [-0.1, -0.05) is 35.9 Å². The third-order valence-corrected chi connectivity index (χ3v) is 3.58. The first-order chi connectivity index (χ1) is 10.3. The molecular formula is C18H20O3. The lowest BCUT2D eigenvalue weighted by Crippen LogP contribution is -2.16. The summed E-state index contributed by atoms with van der Waals surface area (Å²) in [6.45, 7) is 5.97. The maximum atomic E-state index is 5.95. The van der Waals surface area contributed by atoms with Crippen LogP contribution in [0.2, 0.25) is 0 Å². The van der Waals surface area contributed by atoms with Crippen LogP contribution < -0.4 is 9.47 Å². The summed E-state index contributed by atoms with van der Waals surface area (Å²) in [5.41, 5.74) is 3.49. The largest absolute Gasteiger partial charge is 0.486 e. The van der Waals surface area contributed by atoms with Crippen LogP contribution in [0.5, 0.6) is 11.5 Å². The first kappa shape index (κ1) is 14.0. The summed E-state index contributed by atoms with van der Waals surface area (Å²) in [6, 6.07) is 14.5. The van der Waals surface area contributed by atoms with Crippen LogP contribution in [0, 0.1) is 6.92 Å². The zero-order valence-electron chi connectivity index (χ0n) is 12.5. The van der Waals surface area contributed by atoms with Crippen LogP contribution in [0.25, 0.3) is 0 Å². The van der Waals surface area contributed by atoms with Crippen molar-refractivity contribution < 1.29 is 14.2 Å². The molecule has 1 aliphatic heterocycles. The average molecular weight is 284 g/mol. The van der Waals surface area contributed by atoms with Crippen LogP contribution in [0.1, 0.15) is 29.7 Å². The van der Waals surface area contributed by atoms with Crippen LogP contribution in [-0.4, -0.2) is 19.8 Å². The van der Waals surface area contributed by atoms with E-state index in [9.17, 15) is 0 Å². The fourth-order valence-corrected chi connectivity index (χ4v) is 2.52. The van der Waals surface area contributed by atoms with Gasteiger partial charge in [0.05, 0.1) is 0 Å². The molecule has 1 aliphatic rings. The van der Waals surface area contributed by atoms with E-state index in [0.717, 1.165) is 22.6 Å². The summed E-state index contributed by atoms with van der Waals surface area (Å²) in [7, 11) is 0. The molecule has 0 N–H and O–H groups in total. The molecule has 2 aromatic rings. The Morgan fingerprint density at radius 3 is 2.33 bits per heavy atom. The van der Waals surface area contributed by atoms with E-state index in [4.69, 9.17) is 14.2 Å². The van der Waals surface area contributed by atoms with Gasteiger partial charge in [-0.2, -0.15) is 0 Å². The molecule has 110 valence electrons. The van der Waals surface area contributed by atoms with Gasteiger partial charge < -0.3 is 14.2 Å². The fourth-order valence-electron chi connectivity index (χ4n) is 2.52. The Labute approximate surface area is 125 Å². The smallest absolute Gasteiger partial charge is 0.161 e. The van der Waals surface area contributed by atoms with Crippen molar-refractivity contribution >= 4 is 0 Å². The van der Waals surface area contributed by atoms with Gasteiger partial charge in [0.2, 0.25) is 0 Å². The van der Waals surface area contributed by atoms with Gasteiger partial charge in [0.1, 0.15) is 19.3 Å². The van der Waals surface area contributed by atoms with Gasteiger partial charge in [-0.15, -0.1) is 0 Å². The van der Waals surface area contributed by atoms with Gasteiger partial charge >= 0.3 is 0 Å². The summed E-state index contributed by atoms with van der Waals surface area (Å²) in [5, 5.41) is 0. The monoisotopic (exact) mass is 284 g/mol. The molecule has 3 heteroatoms. The highest BCUT2D eigenvalue weighted by Gasteiger charge is 2.18. The van der Waals surface area contributed by atoms with Gasteiger partial charge in [0, 0.05) is 6.61 Å². The molecule has 2 aromatic carbocycles. The lowest BCUT2D eigenvalue weighted by atomic mass is 10.00. The number of hydrogen-bond donors (Lipinski definition) is 0. The van der Waals surface area contributed by atoms with Gasteiger partial charge in [-0.05, 0) is 37.1 Å². The van der Waals surface area contributed by atoms with Crippen LogP contribution >= 0.6 is 0 Å². The highest BCUT2D eigenvalue weighted by molar-refractivity contribution is 5.46. The number of aryl methyl sites for hydroxylation is 1. The van der Waals surface area contributed by atoms with Crippen LogP contribution in [0.3, 0.4) is 0 Å². The molecule has 21 heavy (non-hydrogen) atoms. The molecule has 1 heterocycles. The molecule has 0 saturated heterocycles. The Balaban J connectivity index is 1.95. The number of fused-ring (bicyclic) bond motifs is 1. The molecular weight excluding hydrogens is 264 g/mol. The van der Waals surface area contributed by atoms with Gasteiger partial charge in [-0.25, -0.2) is 0 Å². The SMILES string of the molecule is CCOC(c1ccc(C)cc1)c1ccc2c(c1)OCCO2. The number of ether oxygens (including phenoxy) is 3.